The predicted molar refractivity (Wildman–Crippen MR) is 104 cm³/mol. The normalized spacial score (nSPS) is 12.0. The minimum atomic E-state index is -0.683. The van der Waals surface area contributed by atoms with Gasteiger partial charge in [-0.2, -0.15) is 5.10 Å². The first-order valence-corrected chi connectivity index (χ1v) is 8.86. The van der Waals surface area contributed by atoms with Crippen LogP contribution in [0.4, 0.5) is 0 Å². The van der Waals surface area contributed by atoms with Gasteiger partial charge in [0.1, 0.15) is 11.5 Å². The minimum absolute atomic E-state index is 0.335. The van der Waals surface area contributed by atoms with E-state index in [0.717, 1.165) is 23.3 Å². The Kier molecular flexibility index (Phi) is 7.48. The lowest BCUT2D eigenvalue weighted by Crippen LogP contribution is -2.33. The van der Waals surface area contributed by atoms with Crippen LogP contribution in [0.3, 0.4) is 0 Å². The van der Waals surface area contributed by atoms with E-state index < -0.39 is 6.10 Å². The molecule has 0 heterocycles. The molecule has 0 saturated heterocycles. The number of nitrogens with one attached hydrogen (secondary N) is 1. The summed E-state index contributed by atoms with van der Waals surface area (Å²) < 4.78 is 11.2. The molecule has 0 aliphatic rings. The van der Waals surface area contributed by atoms with Crippen molar-refractivity contribution < 1.29 is 14.3 Å². The van der Waals surface area contributed by atoms with Crippen molar-refractivity contribution in [2.24, 2.45) is 5.10 Å². The molecule has 1 amide bonds. The first-order chi connectivity index (χ1) is 12.5. The van der Waals surface area contributed by atoms with Crippen molar-refractivity contribution in [1.82, 2.24) is 5.43 Å². The number of carbonyl (C=O) groups excluding carboxylic acids is 1. The van der Waals surface area contributed by atoms with E-state index in [1.807, 2.05) is 31.2 Å². The zero-order chi connectivity index (χ0) is 18.9. The van der Waals surface area contributed by atoms with Crippen molar-refractivity contribution >= 4 is 23.7 Å². The van der Waals surface area contributed by atoms with Gasteiger partial charge in [0.15, 0.2) is 6.10 Å². The molecule has 1 N–H and O–H groups in total. The average Bonchev–Trinajstić information content (AvgIpc) is 2.63. The van der Waals surface area contributed by atoms with Crippen molar-refractivity contribution in [1.29, 1.82) is 0 Å². The summed E-state index contributed by atoms with van der Waals surface area (Å²) in [5, 5.41) is 4.59. The van der Waals surface area contributed by atoms with E-state index in [1.54, 1.807) is 31.3 Å². The van der Waals surface area contributed by atoms with E-state index in [1.165, 1.54) is 0 Å². The molecule has 138 valence electrons. The SMILES string of the molecule is CCCOc1ccc(/C=N/NC(=O)[C@H](C)Oc2ccc(Cl)cc2C)cc1. The summed E-state index contributed by atoms with van der Waals surface area (Å²) in [6.07, 6.45) is 1.85. The first kappa shape index (κ1) is 19.8. The number of hydrazone groups is 1. The number of carbonyl (C=O) groups is 1. The van der Waals surface area contributed by atoms with Gasteiger partial charge in [-0.15, -0.1) is 0 Å². The van der Waals surface area contributed by atoms with Gasteiger partial charge in [-0.05, 0) is 73.9 Å². The summed E-state index contributed by atoms with van der Waals surface area (Å²) >= 11 is 5.92. The second kappa shape index (κ2) is 9.82. The Bertz CT molecular complexity index is 760. The summed E-state index contributed by atoms with van der Waals surface area (Å²) in [6.45, 7) is 6.29. The molecule has 0 saturated carbocycles. The molecule has 0 unspecified atom stereocenters. The Morgan fingerprint density at radius 3 is 2.65 bits per heavy atom. The number of benzene rings is 2. The van der Waals surface area contributed by atoms with Gasteiger partial charge < -0.3 is 9.47 Å². The largest absolute Gasteiger partial charge is 0.494 e. The second-order valence-corrected chi connectivity index (χ2v) is 6.26. The van der Waals surface area contributed by atoms with Crippen LogP contribution in [0.5, 0.6) is 11.5 Å². The highest BCUT2D eigenvalue weighted by molar-refractivity contribution is 6.30. The quantitative estimate of drug-likeness (QED) is 0.551. The highest BCUT2D eigenvalue weighted by Crippen LogP contribution is 2.22. The van der Waals surface area contributed by atoms with Gasteiger partial charge in [-0.1, -0.05) is 18.5 Å². The Morgan fingerprint density at radius 2 is 2.00 bits per heavy atom. The Hall–Kier alpha value is -2.53. The standard InChI is InChI=1S/C20H23ClN2O3/c1-4-11-25-18-8-5-16(6-9-18)13-22-23-20(24)15(3)26-19-10-7-17(21)12-14(19)2/h5-10,12-13,15H,4,11H2,1-3H3,(H,23,24)/b22-13+/t15-/m0/s1. The molecule has 0 aromatic heterocycles. The lowest BCUT2D eigenvalue weighted by Gasteiger charge is -2.14. The van der Waals surface area contributed by atoms with Crippen LogP contribution in [0.25, 0.3) is 0 Å². The van der Waals surface area contributed by atoms with E-state index >= 15 is 0 Å². The van der Waals surface area contributed by atoms with Crippen LogP contribution >= 0.6 is 11.6 Å². The molecule has 0 bridgehead atoms. The molecule has 0 aliphatic heterocycles. The number of hydrogen-bond acceptors (Lipinski definition) is 4. The zero-order valence-corrected chi connectivity index (χ0v) is 15.9. The number of hydrogen-bond donors (Lipinski definition) is 1. The number of amides is 1. The number of halogens is 1. The Labute approximate surface area is 159 Å². The minimum Gasteiger partial charge on any atom is -0.494 e. The predicted octanol–water partition coefficient (Wildman–Crippen LogP) is 4.35. The Balaban J connectivity index is 1.85. The van der Waals surface area contributed by atoms with Crippen LogP contribution < -0.4 is 14.9 Å². The van der Waals surface area contributed by atoms with Crippen LogP contribution in [0.1, 0.15) is 31.4 Å². The molecular weight excluding hydrogens is 352 g/mol. The van der Waals surface area contributed by atoms with Gasteiger partial charge in [0.25, 0.3) is 5.91 Å². The molecule has 2 aromatic rings. The van der Waals surface area contributed by atoms with Crippen LogP contribution in [-0.2, 0) is 4.79 Å². The molecular formula is C20H23ClN2O3. The van der Waals surface area contributed by atoms with Gasteiger partial charge in [-0.3, -0.25) is 4.79 Å². The zero-order valence-electron chi connectivity index (χ0n) is 15.2. The van der Waals surface area contributed by atoms with Crippen LogP contribution in [0.2, 0.25) is 5.02 Å². The molecule has 26 heavy (non-hydrogen) atoms. The van der Waals surface area contributed by atoms with Crippen molar-refractivity contribution in [2.45, 2.75) is 33.3 Å². The molecule has 6 heteroatoms. The molecule has 5 nitrogen and oxygen atoms in total. The molecule has 2 aromatic carbocycles. The maximum atomic E-state index is 12.1. The van der Waals surface area contributed by atoms with Crippen molar-refractivity contribution in [2.75, 3.05) is 6.61 Å². The van der Waals surface area contributed by atoms with Crippen LogP contribution in [0, 0.1) is 6.92 Å². The van der Waals surface area contributed by atoms with E-state index in [9.17, 15) is 4.79 Å². The van der Waals surface area contributed by atoms with Crippen molar-refractivity contribution in [3.05, 3.63) is 58.6 Å². The molecule has 0 spiro atoms. The Morgan fingerprint density at radius 1 is 1.27 bits per heavy atom. The third-order valence-electron chi connectivity index (χ3n) is 3.55. The average molecular weight is 375 g/mol. The highest BCUT2D eigenvalue weighted by atomic mass is 35.5. The van der Waals surface area contributed by atoms with E-state index in [0.29, 0.717) is 17.4 Å². The summed E-state index contributed by atoms with van der Waals surface area (Å²) in [5.74, 6) is 1.09. The first-order valence-electron chi connectivity index (χ1n) is 8.48. The van der Waals surface area contributed by atoms with Gasteiger partial charge in [0.2, 0.25) is 0 Å². The third-order valence-corrected chi connectivity index (χ3v) is 3.79. The molecule has 0 radical (unpaired) electrons. The second-order valence-electron chi connectivity index (χ2n) is 5.82. The van der Waals surface area contributed by atoms with Crippen molar-refractivity contribution in [3.8, 4) is 11.5 Å². The summed E-state index contributed by atoms with van der Waals surface area (Å²) in [6, 6.07) is 12.7. The van der Waals surface area contributed by atoms with Gasteiger partial charge in [-0.25, -0.2) is 5.43 Å². The number of rotatable bonds is 8. The lowest BCUT2D eigenvalue weighted by molar-refractivity contribution is -0.127. The molecule has 0 aliphatic carbocycles. The van der Waals surface area contributed by atoms with Crippen LogP contribution in [-0.4, -0.2) is 24.8 Å². The monoisotopic (exact) mass is 374 g/mol. The van der Waals surface area contributed by atoms with Gasteiger partial charge in [0.05, 0.1) is 12.8 Å². The summed E-state index contributed by atoms with van der Waals surface area (Å²) in [5.41, 5.74) is 4.20. The van der Waals surface area contributed by atoms with Gasteiger partial charge >= 0.3 is 0 Å². The fraction of sp³-hybridized carbons (Fsp3) is 0.300. The topological polar surface area (TPSA) is 59.9 Å². The fourth-order valence-corrected chi connectivity index (χ4v) is 2.35. The van der Waals surface area contributed by atoms with Crippen molar-refractivity contribution in [3.63, 3.8) is 0 Å². The third kappa shape index (κ3) is 6.08. The molecule has 2 rings (SSSR count). The molecule has 0 fully saturated rings. The maximum Gasteiger partial charge on any atom is 0.280 e. The fourth-order valence-electron chi connectivity index (χ4n) is 2.12. The maximum absolute atomic E-state index is 12.1. The highest BCUT2D eigenvalue weighted by Gasteiger charge is 2.15. The summed E-state index contributed by atoms with van der Waals surface area (Å²) in [7, 11) is 0. The summed E-state index contributed by atoms with van der Waals surface area (Å²) in [4.78, 5) is 12.1. The number of aryl methyl sites for hydroxylation is 1. The van der Waals surface area contributed by atoms with Crippen LogP contribution in [0.15, 0.2) is 47.6 Å². The number of nitrogens with zero attached hydrogens (tertiary/aromatic N) is 1. The van der Waals surface area contributed by atoms with E-state index in [2.05, 4.69) is 17.5 Å². The number of ether oxygens (including phenoxy) is 2. The van der Waals surface area contributed by atoms with E-state index in [4.69, 9.17) is 21.1 Å². The van der Waals surface area contributed by atoms with E-state index in [-0.39, 0.29) is 5.91 Å². The van der Waals surface area contributed by atoms with Gasteiger partial charge in [0, 0.05) is 5.02 Å². The smallest absolute Gasteiger partial charge is 0.280 e. The lowest BCUT2D eigenvalue weighted by atomic mass is 10.2. The molecule has 1 atom stereocenters.